The molecule has 3 heteroatoms. The summed E-state index contributed by atoms with van der Waals surface area (Å²) in [7, 11) is 0. The first kappa shape index (κ1) is 8.68. The zero-order chi connectivity index (χ0) is 8.27. The molecule has 0 saturated heterocycles. The Kier molecular flexibility index (Phi) is 3.02. The van der Waals surface area contributed by atoms with Gasteiger partial charge in [-0.2, -0.15) is 0 Å². The first-order valence-corrected chi connectivity index (χ1v) is 4.54. The van der Waals surface area contributed by atoms with Crippen LogP contribution in [0, 0.1) is 6.92 Å². The van der Waals surface area contributed by atoms with Gasteiger partial charge < -0.3 is 5.11 Å². The van der Waals surface area contributed by atoms with Crippen LogP contribution in [0.4, 0.5) is 0 Å². The summed E-state index contributed by atoms with van der Waals surface area (Å²) in [5, 5.41) is 9.88. The predicted molar refractivity (Wildman–Crippen MR) is 47.7 cm³/mol. The van der Waals surface area contributed by atoms with Crippen molar-refractivity contribution in [2.24, 2.45) is 0 Å². The second-order valence-electron chi connectivity index (χ2n) is 2.37. The number of aryl methyl sites for hydroxylation is 1. The van der Waals surface area contributed by atoms with Crippen LogP contribution in [0.5, 0.6) is 0 Å². The minimum absolute atomic E-state index is 0.491. The van der Waals surface area contributed by atoms with E-state index in [9.17, 15) is 5.11 Å². The van der Waals surface area contributed by atoms with Crippen LogP contribution in [0.25, 0.3) is 0 Å². The van der Waals surface area contributed by atoms with Crippen molar-refractivity contribution in [3.8, 4) is 0 Å². The zero-order valence-corrected chi connectivity index (χ0v) is 7.87. The van der Waals surface area contributed by atoms with Crippen LogP contribution in [-0.2, 0) is 0 Å². The van der Waals surface area contributed by atoms with E-state index in [1.807, 2.05) is 25.1 Å². The minimum atomic E-state index is -0.491. The molecule has 0 bridgehead atoms. The van der Waals surface area contributed by atoms with Crippen LogP contribution in [0.1, 0.15) is 17.5 Å². The molecule has 0 radical (unpaired) electrons. The highest BCUT2D eigenvalue weighted by atomic mass is 79.9. The van der Waals surface area contributed by atoms with Gasteiger partial charge in [-0.3, -0.25) is 4.98 Å². The lowest BCUT2D eigenvalue weighted by molar-refractivity contribution is 0.200. The Labute approximate surface area is 74.4 Å². The maximum atomic E-state index is 9.34. The van der Waals surface area contributed by atoms with Gasteiger partial charge >= 0.3 is 0 Å². The number of rotatable bonds is 2. The summed E-state index contributed by atoms with van der Waals surface area (Å²) in [6, 6.07) is 5.62. The highest BCUT2D eigenvalue weighted by molar-refractivity contribution is 9.09. The second-order valence-corrected chi connectivity index (χ2v) is 3.02. The third-order valence-electron chi connectivity index (χ3n) is 1.40. The lowest BCUT2D eigenvalue weighted by atomic mass is 10.2. The van der Waals surface area contributed by atoms with Crippen molar-refractivity contribution in [1.82, 2.24) is 4.98 Å². The van der Waals surface area contributed by atoms with Crippen LogP contribution < -0.4 is 0 Å². The van der Waals surface area contributed by atoms with Crippen molar-refractivity contribution in [1.29, 1.82) is 0 Å². The molecule has 0 spiro atoms. The third kappa shape index (κ3) is 2.27. The minimum Gasteiger partial charge on any atom is -0.386 e. The van der Waals surface area contributed by atoms with Gasteiger partial charge in [-0.15, -0.1) is 0 Å². The van der Waals surface area contributed by atoms with Crippen molar-refractivity contribution >= 4 is 15.9 Å². The SMILES string of the molecule is Cc1cccc([C@@H](O)CBr)n1. The van der Waals surface area contributed by atoms with E-state index in [-0.39, 0.29) is 0 Å². The van der Waals surface area contributed by atoms with Gasteiger partial charge in [0.1, 0.15) is 6.10 Å². The molecule has 0 unspecified atom stereocenters. The quantitative estimate of drug-likeness (QED) is 0.765. The van der Waals surface area contributed by atoms with Crippen LogP contribution in [0.2, 0.25) is 0 Å². The van der Waals surface area contributed by atoms with Crippen LogP contribution in [-0.4, -0.2) is 15.4 Å². The molecule has 1 aromatic rings. The summed E-state index contributed by atoms with van der Waals surface area (Å²) in [6.45, 7) is 1.91. The van der Waals surface area contributed by atoms with Gasteiger partial charge in [-0.1, -0.05) is 22.0 Å². The van der Waals surface area contributed by atoms with Crippen molar-refractivity contribution in [3.05, 3.63) is 29.6 Å². The monoisotopic (exact) mass is 215 g/mol. The summed E-state index contributed by atoms with van der Waals surface area (Å²) in [5.41, 5.74) is 1.66. The Balaban J connectivity index is 2.86. The average molecular weight is 216 g/mol. The number of hydrogen-bond acceptors (Lipinski definition) is 2. The molecule has 2 nitrogen and oxygen atoms in total. The molecule has 0 aliphatic heterocycles. The van der Waals surface area contributed by atoms with Crippen LogP contribution >= 0.6 is 15.9 Å². The number of pyridine rings is 1. The Morgan fingerprint density at radius 2 is 2.36 bits per heavy atom. The van der Waals surface area contributed by atoms with Crippen molar-refractivity contribution in [2.75, 3.05) is 5.33 Å². The molecule has 1 rings (SSSR count). The molecule has 0 amide bonds. The maximum Gasteiger partial charge on any atom is 0.106 e. The number of aliphatic hydroxyl groups is 1. The number of hydrogen-bond donors (Lipinski definition) is 1. The first-order valence-electron chi connectivity index (χ1n) is 3.41. The van der Waals surface area contributed by atoms with E-state index in [4.69, 9.17) is 0 Å². The molecular formula is C8H10BrNO. The highest BCUT2D eigenvalue weighted by Crippen LogP contribution is 2.12. The van der Waals surface area contributed by atoms with Gasteiger partial charge in [0, 0.05) is 11.0 Å². The molecule has 1 N–H and O–H groups in total. The van der Waals surface area contributed by atoms with E-state index in [0.29, 0.717) is 5.33 Å². The number of aromatic nitrogens is 1. The van der Waals surface area contributed by atoms with E-state index < -0.39 is 6.10 Å². The summed E-state index contributed by atoms with van der Waals surface area (Å²) >= 11 is 3.19. The topological polar surface area (TPSA) is 33.1 Å². The van der Waals surface area contributed by atoms with E-state index in [0.717, 1.165) is 11.4 Å². The van der Waals surface area contributed by atoms with Crippen LogP contribution in [0.15, 0.2) is 18.2 Å². The molecule has 0 saturated carbocycles. The fourth-order valence-electron chi connectivity index (χ4n) is 0.829. The fourth-order valence-corrected chi connectivity index (χ4v) is 1.16. The van der Waals surface area contributed by atoms with E-state index >= 15 is 0 Å². The molecule has 0 aliphatic rings. The average Bonchev–Trinajstić information content (AvgIpc) is 2.03. The Morgan fingerprint density at radius 3 is 2.91 bits per heavy atom. The number of halogens is 1. The molecule has 0 aliphatic carbocycles. The van der Waals surface area contributed by atoms with Crippen molar-refractivity contribution in [2.45, 2.75) is 13.0 Å². The van der Waals surface area contributed by atoms with E-state index in [1.165, 1.54) is 0 Å². The zero-order valence-electron chi connectivity index (χ0n) is 6.29. The van der Waals surface area contributed by atoms with E-state index in [2.05, 4.69) is 20.9 Å². The standard InChI is InChI=1S/C8H10BrNO/c1-6-3-2-4-7(10-6)8(11)5-9/h2-4,8,11H,5H2,1H3/t8-/m0/s1. The lowest BCUT2D eigenvalue weighted by Gasteiger charge is -2.05. The molecule has 0 aromatic carbocycles. The normalized spacial score (nSPS) is 13.0. The Morgan fingerprint density at radius 1 is 1.64 bits per heavy atom. The van der Waals surface area contributed by atoms with Gasteiger partial charge in [-0.25, -0.2) is 0 Å². The smallest absolute Gasteiger partial charge is 0.106 e. The number of alkyl halides is 1. The largest absolute Gasteiger partial charge is 0.386 e. The number of nitrogens with zero attached hydrogens (tertiary/aromatic N) is 1. The summed E-state index contributed by atoms with van der Waals surface area (Å²) in [4.78, 5) is 4.16. The van der Waals surface area contributed by atoms with Gasteiger partial charge in [0.2, 0.25) is 0 Å². The summed E-state index contributed by atoms with van der Waals surface area (Å²) in [6.07, 6.45) is -0.491. The van der Waals surface area contributed by atoms with Crippen molar-refractivity contribution < 1.29 is 5.11 Å². The van der Waals surface area contributed by atoms with Gasteiger partial charge in [0.25, 0.3) is 0 Å². The van der Waals surface area contributed by atoms with Gasteiger partial charge in [0.05, 0.1) is 5.69 Å². The molecule has 1 atom stereocenters. The van der Waals surface area contributed by atoms with E-state index in [1.54, 1.807) is 0 Å². The van der Waals surface area contributed by atoms with Gasteiger partial charge in [0.15, 0.2) is 0 Å². The second kappa shape index (κ2) is 3.83. The summed E-state index contributed by atoms with van der Waals surface area (Å²) in [5.74, 6) is 0. The molecule has 1 heterocycles. The lowest BCUT2D eigenvalue weighted by Crippen LogP contribution is -2.01. The van der Waals surface area contributed by atoms with Crippen molar-refractivity contribution in [3.63, 3.8) is 0 Å². The van der Waals surface area contributed by atoms with Crippen LogP contribution in [0.3, 0.4) is 0 Å². The Bertz CT molecular complexity index is 239. The number of aliphatic hydroxyl groups excluding tert-OH is 1. The summed E-state index contributed by atoms with van der Waals surface area (Å²) < 4.78 is 0. The third-order valence-corrected chi connectivity index (χ3v) is 2.01. The molecule has 11 heavy (non-hydrogen) atoms. The molecule has 0 fully saturated rings. The molecule has 1 aromatic heterocycles. The first-order chi connectivity index (χ1) is 5.24. The van der Waals surface area contributed by atoms with Gasteiger partial charge in [-0.05, 0) is 19.1 Å². The molecular weight excluding hydrogens is 206 g/mol. The molecule has 60 valence electrons. The fraction of sp³-hybridized carbons (Fsp3) is 0.375. The highest BCUT2D eigenvalue weighted by Gasteiger charge is 2.05. The maximum absolute atomic E-state index is 9.34. The Hall–Kier alpha value is -0.410. The predicted octanol–water partition coefficient (Wildman–Crippen LogP) is 1.82.